The number of hydrogen-bond donors (Lipinski definition) is 1. The van der Waals surface area contributed by atoms with Crippen molar-refractivity contribution in [2.75, 3.05) is 19.1 Å². The summed E-state index contributed by atoms with van der Waals surface area (Å²) in [6.45, 7) is 0.456. The molecule has 84 valence electrons. The SMILES string of the molecule is CSc1ccc(CCNS(C)(=O)=O)cc1. The van der Waals surface area contributed by atoms with Crippen LogP contribution in [0.15, 0.2) is 29.2 Å². The maximum atomic E-state index is 10.8. The van der Waals surface area contributed by atoms with E-state index in [0.29, 0.717) is 6.54 Å². The molecule has 0 saturated carbocycles. The van der Waals surface area contributed by atoms with E-state index in [9.17, 15) is 8.42 Å². The minimum atomic E-state index is -3.06. The molecule has 1 rings (SSSR count). The fourth-order valence-corrected chi connectivity index (χ4v) is 2.05. The summed E-state index contributed by atoms with van der Waals surface area (Å²) in [5.41, 5.74) is 1.14. The third kappa shape index (κ3) is 5.20. The second-order valence-corrected chi connectivity index (χ2v) is 5.98. The van der Waals surface area contributed by atoms with E-state index in [1.807, 2.05) is 30.5 Å². The van der Waals surface area contributed by atoms with Crippen LogP contribution in [-0.2, 0) is 16.4 Å². The van der Waals surface area contributed by atoms with Crippen molar-refractivity contribution in [3.63, 3.8) is 0 Å². The quantitative estimate of drug-likeness (QED) is 0.800. The van der Waals surface area contributed by atoms with Gasteiger partial charge in [0.2, 0.25) is 10.0 Å². The Hall–Kier alpha value is -0.520. The molecule has 0 radical (unpaired) electrons. The Morgan fingerprint density at radius 2 is 1.87 bits per heavy atom. The Morgan fingerprint density at radius 1 is 1.27 bits per heavy atom. The van der Waals surface area contributed by atoms with E-state index in [4.69, 9.17) is 0 Å². The molecule has 0 unspecified atom stereocenters. The van der Waals surface area contributed by atoms with Gasteiger partial charge in [0.25, 0.3) is 0 Å². The smallest absolute Gasteiger partial charge is 0.208 e. The van der Waals surface area contributed by atoms with E-state index in [1.165, 1.54) is 11.2 Å². The van der Waals surface area contributed by atoms with E-state index in [-0.39, 0.29) is 0 Å². The number of rotatable bonds is 5. The van der Waals surface area contributed by atoms with Crippen LogP contribution in [0.4, 0.5) is 0 Å². The van der Waals surface area contributed by atoms with Crippen LogP contribution >= 0.6 is 11.8 Å². The zero-order chi connectivity index (χ0) is 11.3. The van der Waals surface area contributed by atoms with Crippen molar-refractivity contribution in [2.24, 2.45) is 0 Å². The molecular formula is C10H15NO2S2. The van der Waals surface area contributed by atoms with E-state index >= 15 is 0 Å². The highest BCUT2D eigenvalue weighted by molar-refractivity contribution is 7.98. The van der Waals surface area contributed by atoms with Crippen LogP contribution in [0, 0.1) is 0 Å². The number of thioether (sulfide) groups is 1. The molecule has 0 amide bonds. The predicted molar refractivity (Wildman–Crippen MR) is 64.8 cm³/mol. The van der Waals surface area contributed by atoms with E-state index in [1.54, 1.807) is 11.8 Å². The van der Waals surface area contributed by atoms with E-state index in [2.05, 4.69) is 4.72 Å². The van der Waals surface area contributed by atoms with Gasteiger partial charge in [-0.05, 0) is 30.4 Å². The summed E-state index contributed by atoms with van der Waals surface area (Å²) < 4.78 is 24.1. The molecule has 0 aliphatic rings. The summed E-state index contributed by atoms with van der Waals surface area (Å²) in [6.07, 6.45) is 3.92. The molecule has 0 aliphatic heterocycles. The van der Waals surface area contributed by atoms with Crippen molar-refractivity contribution >= 4 is 21.8 Å². The highest BCUT2D eigenvalue weighted by atomic mass is 32.2. The molecule has 0 aromatic heterocycles. The van der Waals surface area contributed by atoms with Crippen LogP contribution in [0.25, 0.3) is 0 Å². The molecule has 1 N–H and O–H groups in total. The summed E-state index contributed by atoms with van der Waals surface area (Å²) in [5, 5.41) is 0. The van der Waals surface area contributed by atoms with Gasteiger partial charge in [-0.25, -0.2) is 13.1 Å². The molecule has 1 aromatic rings. The minimum Gasteiger partial charge on any atom is -0.215 e. The molecule has 15 heavy (non-hydrogen) atoms. The Bertz CT molecular complexity index is 398. The molecule has 0 fully saturated rings. The number of sulfonamides is 1. The van der Waals surface area contributed by atoms with Gasteiger partial charge in [-0.15, -0.1) is 11.8 Å². The molecule has 3 nitrogen and oxygen atoms in total. The van der Waals surface area contributed by atoms with Crippen LogP contribution in [-0.4, -0.2) is 27.5 Å². The van der Waals surface area contributed by atoms with Crippen molar-refractivity contribution in [1.29, 1.82) is 0 Å². The summed E-state index contributed by atoms with van der Waals surface area (Å²) in [5.74, 6) is 0. The van der Waals surface area contributed by atoms with E-state index in [0.717, 1.165) is 12.0 Å². The van der Waals surface area contributed by atoms with Crippen molar-refractivity contribution < 1.29 is 8.42 Å². The van der Waals surface area contributed by atoms with Crippen molar-refractivity contribution in [3.05, 3.63) is 29.8 Å². The van der Waals surface area contributed by atoms with Gasteiger partial charge in [-0.1, -0.05) is 12.1 Å². The molecule has 1 aromatic carbocycles. The average molecular weight is 245 g/mol. The number of hydrogen-bond acceptors (Lipinski definition) is 3. The first kappa shape index (κ1) is 12.5. The lowest BCUT2D eigenvalue weighted by Crippen LogP contribution is -2.24. The molecule has 0 bridgehead atoms. The topological polar surface area (TPSA) is 46.2 Å². The van der Waals surface area contributed by atoms with Gasteiger partial charge in [-0.3, -0.25) is 0 Å². The Morgan fingerprint density at radius 3 is 2.33 bits per heavy atom. The fourth-order valence-electron chi connectivity index (χ4n) is 1.17. The lowest BCUT2D eigenvalue weighted by molar-refractivity contribution is 0.588. The molecular weight excluding hydrogens is 230 g/mol. The molecule has 0 atom stereocenters. The third-order valence-electron chi connectivity index (χ3n) is 1.94. The summed E-state index contributed by atoms with van der Waals surface area (Å²) >= 11 is 1.69. The van der Waals surface area contributed by atoms with Crippen LogP contribution in [0.1, 0.15) is 5.56 Å². The first-order chi connectivity index (χ1) is 7.01. The van der Waals surface area contributed by atoms with Gasteiger partial charge in [0.05, 0.1) is 6.26 Å². The monoisotopic (exact) mass is 245 g/mol. The molecule has 0 heterocycles. The van der Waals surface area contributed by atoms with Crippen LogP contribution < -0.4 is 4.72 Å². The minimum absolute atomic E-state index is 0.456. The highest BCUT2D eigenvalue weighted by Gasteiger charge is 1.99. The maximum Gasteiger partial charge on any atom is 0.208 e. The van der Waals surface area contributed by atoms with Crippen LogP contribution in [0.5, 0.6) is 0 Å². The summed E-state index contributed by atoms with van der Waals surface area (Å²) in [4.78, 5) is 1.22. The number of benzene rings is 1. The highest BCUT2D eigenvalue weighted by Crippen LogP contribution is 2.14. The average Bonchev–Trinajstić information content (AvgIpc) is 2.17. The van der Waals surface area contributed by atoms with Crippen molar-refractivity contribution in [1.82, 2.24) is 4.72 Å². The molecule has 5 heteroatoms. The number of nitrogens with one attached hydrogen (secondary N) is 1. The van der Waals surface area contributed by atoms with Crippen LogP contribution in [0.3, 0.4) is 0 Å². The Labute approximate surface area is 95.3 Å². The van der Waals surface area contributed by atoms with Crippen molar-refractivity contribution in [2.45, 2.75) is 11.3 Å². The van der Waals surface area contributed by atoms with E-state index < -0.39 is 10.0 Å². The summed E-state index contributed by atoms with van der Waals surface area (Å²) in [6, 6.07) is 8.13. The molecule has 0 saturated heterocycles. The van der Waals surface area contributed by atoms with Crippen LogP contribution in [0.2, 0.25) is 0 Å². The zero-order valence-electron chi connectivity index (χ0n) is 8.86. The van der Waals surface area contributed by atoms with Gasteiger partial charge < -0.3 is 0 Å². The normalized spacial score (nSPS) is 11.6. The summed E-state index contributed by atoms with van der Waals surface area (Å²) in [7, 11) is -3.06. The Kier molecular flexibility index (Phi) is 4.63. The second-order valence-electron chi connectivity index (χ2n) is 3.26. The Balaban J connectivity index is 2.45. The third-order valence-corrected chi connectivity index (χ3v) is 3.41. The maximum absolute atomic E-state index is 10.8. The van der Waals surface area contributed by atoms with Gasteiger partial charge >= 0.3 is 0 Å². The second kappa shape index (κ2) is 5.53. The lowest BCUT2D eigenvalue weighted by Gasteiger charge is -2.03. The van der Waals surface area contributed by atoms with Gasteiger partial charge in [0, 0.05) is 11.4 Å². The van der Waals surface area contributed by atoms with Gasteiger partial charge in [-0.2, -0.15) is 0 Å². The van der Waals surface area contributed by atoms with Gasteiger partial charge in [0.1, 0.15) is 0 Å². The lowest BCUT2D eigenvalue weighted by atomic mass is 10.2. The van der Waals surface area contributed by atoms with Crippen molar-refractivity contribution in [3.8, 4) is 0 Å². The zero-order valence-corrected chi connectivity index (χ0v) is 10.5. The largest absolute Gasteiger partial charge is 0.215 e. The standard InChI is InChI=1S/C10H15NO2S2/c1-14-10-5-3-9(4-6-10)7-8-11-15(2,12)13/h3-6,11H,7-8H2,1-2H3. The fraction of sp³-hybridized carbons (Fsp3) is 0.400. The molecule has 0 spiro atoms. The first-order valence-electron chi connectivity index (χ1n) is 4.59. The molecule has 0 aliphatic carbocycles. The predicted octanol–water partition coefficient (Wildman–Crippen LogP) is 1.50. The van der Waals surface area contributed by atoms with Gasteiger partial charge in [0.15, 0.2) is 0 Å². The first-order valence-corrected chi connectivity index (χ1v) is 7.70.